The largest absolute Gasteiger partial charge is 0.287 e. The van der Waals surface area contributed by atoms with Crippen LogP contribution in [-0.2, 0) is 10.0 Å². The summed E-state index contributed by atoms with van der Waals surface area (Å²) < 4.78 is 55.1. The number of halogens is 2. The van der Waals surface area contributed by atoms with E-state index in [1.165, 1.54) is 6.20 Å². The number of aromatic amines is 1. The lowest BCUT2D eigenvalue weighted by Crippen LogP contribution is -2.19. The molecule has 0 amide bonds. The highest BCUT2D eigenvalue weighted by atomic mass is 32.2. The molecular weight excluding hydrogens is 442 g/mol. The minimum Gasteiger partial charge on any atom is -0.287 e. The third-order valence-electron chi connectivity index (χ3n) is 4.52. The van der Waals surface area contributed by atoms with E-state index in [1.807, 2.05) is 4.72 Å². The van der Waals surface area contributed by atoms with Gasteiger partial charge in [-0.05, 0) is 30.7 Å². The summed E-state index contributed by atoms with van der Waals surface area (Å²) >= 11 is 0. The van der Waals surface area contributed by atoms with Crippen LogP contribution in [0.15, 0.2) is 42.9 Å². The number of sulfonamides is 1. The summed E-state index contributed by atoms with van der Waals surface area (Å²) in [4.78, 5) is 25.5. The number of benzene rings is 1. The Morgan fingerprint density at radius 1 is 1.16 bits per heavy atom. The first kappa shape index (κ1) is 21.4. The smallest absolute Gasteiger partial charge is 0.232 e. The fourth-order valence-electron chi connectivity index (χ4n) is 3.04. The summed E-state index contributed by atoms with van der Waals surface area (Å²) in [6.45, 7) is 1.61. The standard InChI is InChI=1S/C20H16F2N6O3S/c1-2-9-32(30,31)28-16-13(21)4-3-12(15(16)22)19(29)18-17-14(26-27-18)10-24-20(25-17)11-5-7-23-8-6-11/h3-8,10,28H,2,9H2,1H3,(H,26,27). The minimum atomic E-state index is -3.99. The molecule has 0 spiro atoms. The maximum absolute atomic E-state index is 15.0. The molecule has 0 saturated heterocycles. The van der Waals surface area contributed by atoms with Gasteiger partial charge in [0.2, 0.25) is 15.8 Å². The molecule has 164 valence electrons. The number of ketones is 1. The number of hydrogen-bond donors (Lipinski definition) is 2. The molecule has 0 fully saturated rings. The van der Waals surface area contributed by atoms with Crippen molar-refractivity contribution in [3.63, 3.8) is 0 Å². The van der Waals surface area contributed by atoms with Crippen molar-refractivity contribution in [2.75, 3.05) is 10.5 Å². The van der Waals surface area contributed by atoms with Gasteiger partial charge in [-0.25, -0.2) is 27.2 Å². The van der Waals surface area contributed by atoms with Gasteiger partial charge in [0.15, 0.2) is 17.3 Å². The molecule has 32 heavy (non-hydrogen) atoms. The number of nitrogens with zero attached hydrogens (tertiary/aromatic N) is 4. The molecule has 0 aliphatic heterocycles. The molecule has 1 aromatic carbocycles. The fraction of sp³-hybridized carbons (Fsp3) is 0.150. The topological polar surface area (TPSA) is 131 Å². The van der Waals surface area contributed by atoms with Crippen LogP contribution < -0.4 is 4.72 Å². The SMILES string of the molecule is CCCS(=O)(=O)Nc1c(F)ccc(C(=O)c2n[nH]c3cnc(-c4ccncc4)nc23)c1F. The van der Waals surface area contributed by atoms with Gasteiger partial charge in [0.1, 0.15) is 22.5 Å². The van der Waals surface area contributed by atoms with E-state index in [4.69, 9.17) is 0 Å². The van der Waals surface area contributed by atoms with Gasteiger partial charge >= 0.3 is 0 Å². The normalized spacial score (nSPS) is 11.6. The lowest BCUT2D eigenvalue weighted by molar-refractivity contribution is 0.103. The Bertz CT molecular complexity index is 1420. The average Bonchev–Trinajstić information content (AvgIpc) is 3.20. The Hall–Kier alpha value is -3.80. The molecule has 0 bridgehead atoms. The Morgan fingerprint density at radius 2 is 1.91 bits per heavy atom. The number of nitrogens with one attached hydrogen (secondary N) is 2. The summed E-state index contributed by atoms with van der Waals surface area (Å²) in [5, 5.41) is 6.52. The van der Waals surface area contributed by atoms with Crippen LogP contribution >= 0.6 is 0 Å². The van der Waals surface area contributed by atoms with E-state index in [-0.39, 0.29) is 23.4 Å². The van der Waals surface area contributed by atoms with Crippen molar-refractivity contribution in [1.29, 1.82) is 0 Å². The molecule has 12 heteroatoms. The van der Waals surface area contributed by atoms with Gasteiger partial charge in [0, 0.05) is 18.0 Å². The van der Waals surface area contributed by atoms with E-state index in [0.717, 1.165) is 12.1 Å². The Balaban J connectivity index is 1.77. The molecule has 3 aromatic heterocycles. The summed E-state index contributed by atoms with van der Waals surface area (Å²) in [7, 11) is -3.99. The quantitative estimate of drug-likeness (QED) is 0.407. The molecule has 4 rings (SSSR count). The maximum atomic E-state index is 15.0. The zero-order valence-electron chi connectivity index (χ0n) is 16.6. The number of pyridine rings is 1. The molecule has 0 aliphatic rings. The van der Waals surface area contributed by atoms with E-state index in [1.54, 1.807) is 31.5 Å². The first-order chi connectivity index (χ1) is 15.3. The van der Waals surface area contributed by atoms with Crippen LogP contribution in [-0.4, -0.2) is 45.1 Å². The monoisotopic (exact) mass is 458 g/mol. The van der Waals surface area contributed by atoms with Crippen LogP contribution in [0.4, 0.5) is 14.5 Å². The summed E-state index contributed by atoms with van der Waals surface area (Å²) in [6, 6.07) is 5.09. The first-order valence-electron chi connectivity index (χ1n) is 9.45. The lowest BCUT2D eigenvalue weighted by atomic mass is 10.1. The van der Waals surface area contributed by atoms with Gasteiger partial charge in [-0.3, -0.25) is 19.6 Å². The van der Waals surface area contributed by atoms with Gasteiger partial charge in [0.25, 0.3) is 0 Å². The van der Waals surface area contributed by atoms with Gasteiger partial charge < -0.3 is 0 Å². The van der Waals surface area contributed by atoms with Crippen molar-refractivity contribution >= 4 is 32.5 Å². The Labute approximate surface area is 181 Å². The molecular formula is C20H16F2N6O3S. The van der Waals surface area contributed by atoms with Gasteiger partial charge in [-0.15, -0.1) is 0 Å². The number of anilines is 1. The second kappa shape index (κ2) is 8.38. The van der Waals surface area contributed by atoms with Crippen molar-refractivity contribution in [2.24, 2.45) is 0 Å². The second-order valence-electron chi connectivity index (χ2n) is 6.80. The van der Waals surface area contributed by atoms with Crippen molar-refractivity contribution in [1.82, 2.24) is 25.1 Å². The molecule has 0 saturated carbocycles. The number of fused-ring (bicyclic) bond motifs is 1. The zero-order chi connectivity index (χ0) is 22.9. The molecule has 4 aromatic rings. The molecule has 0 radical (unpaired) electrons. The number of H-pyrrole nitrogens is 1. The molecule has 9 nitrogen and oxygen atoms in total. The number of hydrogen-bond acceptors (Lipinski definition) is 7. The Morgan fingerprint density at radius 3 is 2.62 bits per heavy atom. The Kier molecular flexibility index (Phi) is 5.61. The predicted molar refractivity (Wildman–Crippen MR) is 112 cm³/mol. The van der Waals surface area contributed by atoms with E-state index in [0.29, 0.717) is 16.9 Å². The van der Waals surface area contributed by atoms with Gasteiger partial charge in [-0.2, -0.15) is 5.10 Å². The van der Waals surface area contributed by atoms with Crippen LogP contribution in [0.1, 0.15) is 29.4 Å². The predicted octanol–water partition coefficient (Wildman–Crippen LogP) is 3.08. The van der Waals surface area contributed by atoms with Gasteiger partial charge in [-0.1, -0.05) is 6.92 Å². The van der Waals surface area contributed by atoms with E-state index >= 15 is 4.39 Å². The first-order valence-corrected chi connectivity index (χ1v) is 11.1. The molecule has 0 unspecified atom stereocenters. The molecule has 2 N–H and O–H groups in total. The summed E-state index contributed by atoms with van der Waals surface area (Å²) in [5.41, 5.74) is -0.590. The van der Waals surface area contributed by atoms with Crippen molar-refractivity contribution in [2.45, 2.75) is 13.3 Å². The minimum absolute atomic E-state index is 0.133. The van der Waals surface area contributed by atoms with Crippen LogP contribution in [0.25, 0.3) is 22.4 Å². The van der Waals surface area contributed by atoms with Crippen LogP contribution in [0.3, 0.4) is 0 Å². The van der Waals surface area contributed by atoms with E-state index < -0.39 is 38.7 Å². The molecule has 3 heterocycles. The summed E-state index contributed by atoms with van der Waals surface area (Å²) in [5.74, 6) is -3.42. The van der Waals surface area contributed by atoms with Crippen LogP contribution in [0.5, 0.6) is 0 Å². The number of carbonyl (C=O) groups excluding carboxylic acids is 1. The number of rotatable bonds is 7. The third kappa shape index (κ3) is 4.04. The molecule has 0 atom stereocenters. The van der Waals surface area contributed by atoms with Gasteiger partial charge in [0.05, 0.1) is 17.5 Å². The zero-order valence-corrected chi connectivity index (χ0v) is 17.4. The average molecular weight is 458 g/mol. The van der Waals surface area contributed by atoms with Crippen LogP contribution in [0.2, 0.25) is 0 Å². The third-order valence-corrected chi connectivity index (χ3v) is 5.98. The summed E-state index contributed by atoms with van der Waals surface area (Å²) in [6.07, 6.45) is 4.78. The van der Waals surface area contributed by atoms with Crippen molar-refractivity contribution < 1.29 is 22.0 Å². The highest BCUT2D eigenvalue weighted by Gasteiger charge is 2.26. The van der Waals surface area contributed by atoms with E-state index in [9.17, 15) is 17.6 Å². The highest BCUT2D eigenvalue weighted by molar-refractivity contribution is 7.92. The van der Waals surface area contributed by atoms with E-state index in [2.05, 4.69) is 25.1 Å². The van der Waals surface area contributed by atoms with Crippen molar-refractivity contribution in [3.8, 4) is 11.4 Å². The number of carbonyl (C=O) groups is 1. The fourth-order valence-corrected chi connectivity index (χ4v) is 4.17. The highest BCUT2D eigenvalue weighted by Crippen LogP contribution is 2.27. The number of aromatic nitrogens is 5. The molecule has 0 aliphatic carbocycles. The second-order valence-corrected chi connectivity index (χ2v) is 8.64. The maximum Gasteiger partial charge on any atom is 0.232 e. The van der Waals surface area contributed by atoms with Crippen molar-refractivity contribution in [3.05, 3.63) is 65.7 Å². The van der Waals surface area contributed by atoms with Crippen LogP contribution in [0, 0.1) is 11.6 Å². The lowest BCUT2D eigenvalue weighted by Gasteiger charge is -2.11.